The fourth-order valence-corrected chi connectivity index (χ4v) is 3.19. The first-order chi connectivity index (χ1) is 10.2. The van der Waals surface area contributed by atoms with E-state index in [-0.39, 0.29) is 0 Å². The second-order valence-corrected chi connectivity index (χ2v) is 6.29. The van der Waals surface area contributed by atoms with Gasteiger partial charge in [-0.05, 0) is 49.4 Å². The Morgan fingerprint density at radius 2 is 2.10 bits per heavy atom. The van der Waals surface area contributed by atoms with Gasteiger partial charge in [0.2, 0.25) is 0 Å². The Kier molecular flexibility index (Phi) is 4.66. The van der Waals surface area contributed by atoms with Gasteiger partial charge in [-0.2, -0.15) is 0 Å². The summed E-state index contributed by atoms with van der Waals surface area (Å²) in [5, 5.41) is 14.0. The number of nitrogens with one attached hydrogen (secondary N) is 1. The molecule has 0 aromatic heterocycles. The first-order valence-corrected chi connectivity index (χ1v) is 8.03. The quantitative estimate of drug-likeness (QED) is 0.899. The van der Waals surface area contributed by atoms with E-state index in [4.69, 9.17) is 9.47 Å². The minimum absolute atomic E-state index is 0.403. The molecule has 1 fully saturated rings. The largest absolute Gasteiger partial charge is 0.490 e. The standard InChI is InChI=1S/C17H25NO3/c1-12-5-6-18-14(9-12)11-15(19)13-3-4-16-17(10-13)21-8-2-7-20-16/h3-4,10,12,14-15,18-19H,2,5-9,11H2,1H3. The molecule has 0 saturated carbocycles. The zero-order chi connectivity index (χ0) is 14.7. The molecular formula is C17H25NO3. The van der Waals surface area contributed by atoms with Crippen LogP contribution in [0.15, 0.2) is 18.2 Å². The summed E-state index contributed by atoms with van der Waals surface area (Å²) in [6, 6.07) is 6.19. The highest BCUT2D eigenvalue weighted by Gasteiger charge is 2.22. The van der Waals surface area contributed by atoms with Crippen LogP contribution in [-0.4, -0.2) is 30.9 Å². The van der Waals surface area contributed by atoms with Gasteiger partial charge in [0.1, 0.15) is 0 Å². The van der Waals surface area contributed by atoms with Crippen LogP contribution in [0.4, 0.5) is 0 Å². The number of piperidine rings is 1. The van der Waals surface area contributed by atoms with Crippen LogP contribution >= 0.6 is 0 Å². The average Bonchev–Trinajstić information content (AvgIpc) is 2.71. The molecule has 0 amide bonds. The maximum Gasteiger partial charge on any atom is 0.161 e. The van der Waals surface area contributed by atoms with E-state index >= 15 is 0 Å². The molecule has 116 valence electrons. The van der Waals surface area contributed by atoms with Crippen LogP contribution in [0.1, 0.15) is 44.3 Å². The summed E-state index contributed by atoms with van der Waals surface area (Å²) in [5.74, 6) is 2.29. The van der Waals surface area contributed by atoms with Crippen molar-refractivity contribution in [2.24, 2.45) is 5.92 Å². The summed E-state index contributed by atoms with van der Waals surface area (Å²) in [4.78, 5) is 0. The number of aliphatic hydroxyl groups is 1. The van der Waals surface area contributed by atoms with Crippen LogP contribution in [0.25, 0.3) is 0 Å². The smallest absolute Gasteiger partial charge is 0.161 e. The van der Waals surface area contributed by atoms with Crippen molar-refractivity contribution in [3.8, 4) is 11.5 Å². The number of rotatable bonds is 3. The Balaban J connectivity index is 1.66. The fourth-order valence-electron chi connectivity index (χ4n) is 3.19. The molecule has 0 aliphatic carbocycles. The van der Waals surface area contributed by atoms with Crippen LogP contribution in [0.3, 0.4) is 0 Å². The molecule has 0 radical (unpaired) electrons. The van der Waals surface area contributed by atoms with Crippen molar-refractivity contribution in [3.05, 3.63) is 23.8 Å². The number of benzene rings is 1. The molecule has 4 heteroatoms. The third-order valence-corrected chi connectivity index (χ3v) is 4.42. The number of ether oxygens (including phenoxy) is 2. The minimum atomic E-state index is -0.454. The van der Waals surface area contributed by atoms with Gasteiger partial charge in [-0.1, -0.05) is 13.0 Å². The Morgan fingerprint density at radius 3 is 2.90 bits per heavy atom. The van der Waals surface area contributed by atoms with Crippen molar-refractivity contribution in [1.82, 2.24) is 5.32 Å². The van der Waals surface area contributed by atoms with E-state index < -0.39 is 6.10 Å². The molecule has 3 rings (SSSR count). The molecule has 0 spiro atoms. The summed E-state index contributed by atoms with van der Waals surface area (Å²) in [6.45, 7) is 4.71. The number of aliphatic hydroxyl groups excluding tert-OH is 1. The molecule has 2 aliphatic rings. The van der Waals surface area contributed by atoms with E-state index in [2.05, 4.69) is 12.2 Å². The molecular weight excluding hydrogens is 266 g/mol. The predicted molar refractivity (Wildman–Crippen MR) is 81.8 cm³/mol. The SMILES string of the molecule is CC1CCNC(CC(O)c2ccc3c(c2)OCCCO3)C1. The molecule has 3 atom stereocenters. The van der Waals surface area contributed by atoms with Gasteiger partial charge in [-0.3, -0.25) is 0 Å². The van der Waals surface area contributed by atoms with Crippen LogP contribution in [0.5, 0.6) is 11.5 Å². The summed E-state index contributed by atoms with van der Waals surface area (Å²) in [6.07, 6.45) is 3.57. The molecule has 4 nitrogen and oxygen atoms in total. The second kappa shape index (κ2) is 6.67. The number of hydrogen-bond acceptors (Lipinski definition) is 4. The lowest BCUT2D eigenvalue weighted by molar-refractivity contribution is 0.137. The highest BCUT2D eigenvalue weighted by atomic mass is 16.5. The fraction of sp³-hybridized carbons (Fsp3) is 0.647. The van der Waals surface area contributed by atoms with Crippen molar-refractivity contribution < 1.29 is 14.6 Å². The molecule has 3 unspecified atom stereocenters. The maximum absolute atomic E-state index is 10.5. The lowest BCUT2D eigenvalue weighted by Gasteiger charge is -2.29. The normalized spacial score (nSPS) is 27.0. The summed E-state index contributed by atoms with van der Waals surface area (Å²) >= 11 is 0. The predicted octanol–water partition coefficient (Wildman–Crippen LogP) is 2.66. The van der Waals surface area contributed by atoms with Gasteiger partial charge < -0.3 is 19.9 Å². The van der Waals surface area contributed by atoms with Gasteiger partial charge in [0.15, 0.2) is 11.5 Å². The van der Waals surface area contributed by atoms with Crippen LogP contribution < -0.4 is 14.8 Å². The van der Waals surface area contributed by atoms with Crippen LogP contribution in [0, 0.1) is 5.92 Å². The molecule has 2 aliphatic heterocycles. The third kappa shape index (κ3) is 3.69. The van der Waals surface area contributed by atoms with Gasteiger partial charge in [0.05, 0.1) is 19.3 Å². The van der Waals surface area contributed by atoms with Crippen molar-refractivity contribution in [3.63, 3.8) is 0 Å². The van der Waals surface area contributed by atoms with Crippen molar-refractivity contribution in [2.45, 2.75) is 44.8 Å². The van der Waals surface area contributed by atoms with E-state index in [9.17, 15) is 5.11 Å². The van der Waals surface area contributed by atoms with Gasteiger partial charge in [0.25, 0.3) is 0 Å². The van der Waals surface area contributed by atoms with Crippen molar-refractivity contribution in [2.75, 3.05) is 19.8 Å². The lowest BCUT2D eigenvalue weighted by Crippen LogP contribution is -2.38. The van der Waals surface area contributed by atoms with E-state index in [1.807, 2.05) is 18.2 Å². The molecule has 21 heavy (non-hydrogen) atoms. The molecule has 1 aromatic rings. The first-order valence-electron chi connectivity index (χ1n) is 8.03. The topological polar surface area (TPSA) is 50.7 Å². The Bertz CT molecular complexity index is 477. The summed E-state index contributed by atoms with van der Waals surface area (Å²) in [5.41, 5.74) is 0.916. The van der Waals surface area contributed by atoms with Gasteiger partial charge in [-0.25, -0.2) is 0 Å². The van der Waals surface area contributed by atoms with Crippen molar-refractivity contribution in [1.29, 1.82) is 0 Å². The van der Waals surface area contributed by atoms with E-state index in [0.29, 0.717) is 19.3 Å². The molecule has 2 N–H and O–H groups in total. The minimum Gasteiger partial charge on any atom is -0.490 e. The second-order valence-electron chi connectivity index (χ2n) is 6.29. The number of hydrogen-bond donors (Lipinski definition) is 2. The summed E-state index contributed by atoms with van der Waals surface area (Å²) in [7, 11) is 0. The Morgan fingerprint density at radius 1 is 1.29 bits per heavy atom. The Labute approximate surface area is 126 Å². The van der Waals surface area contributed by atoms with Gasteiger partial charge in [0, 0.05) is 12.5 Å². The highest BCUT2D eigenvalue weighted by molar-refractivity contribution is 5.44. The lowest BCUT2D eigenvalue weighted by atomic mass is 9.90. The van der Waals surface area contributed by atoms with E-state index in [1.54, 1.807) is 0 Å². The zero-order valence-corrected chi connectivity index (χ0v) is 12.7. The monoisotopic (exact) mass is 291 g/mol. The van der Waals surface area contributed by atoms with Crippen LogP contribution in [0.2, 0.25) is 0 Å². The van der Waals surface area contributed by atoms with Gasteiger partial charge >= 0.3 is 0 Å². The zero-order valence-electron chi connectivity index (χ0n) is 12.7. The highest BCUT2D eigenvalue weighted by Crippen LogP contribution is 2.34. The molecule has 1 saturated heterocycles. The molecule has 0 bridgehead atoms. The Hall–Kier alpha value is -1.26. The van der Waals surface area contributed by atoms with Crippen LogP contribution in [-0.2, 0) is 0 Å². The van der Waals surface area contributed by atoms with Gasteiger partial charge in [-0.15, -0.1) is 0 Å². The molecule has 1 aromatic carbocycles. The van der Waals surface area contributed by atoms with Crippen molar-refractivity contribution >= 4 is 0 Å². The average molecular weight is 291 g/mol. The maximum atomic E-state index is 10.5. The summed E-state index contributed by atoms with van der Waals surface area (Å²) < 4.78 is 11.3. The number of fused-ring (bicyclic) bond motifs is 1. The van der Waals surface area contributed by atoms with E-state index in [0.717, 1.165) is 48.8 Å². The first kappa shape index (κ1) is 14.7. The third-order valence-electron chi connectivity index (χ3n) is 4.42. The molecule has 2 heterocycles. The van der Waals surface area contributed by atoms with E-state index in [1.165, 1.54) is 6.42 Å².